The largest absolute Gasteiger partial charge is 0.494 e. The van der Waals surface area contributed by atoms with Crippen LogP contribution in [0, 0.1) is 5.82 Å². The molecule has 29 heavy (non-hydrogen) atoms. The van der Waals surface area contributed by atoms with Crippen LogP contribution >= 0.6 is 0 Å². The Morgan fingerprint density at radius 3 is 2.24 bits per heavy atom. The molecule has 0 spiro atoms. The second-order valence-electron chi connectivity index (χ2n) is 6.77. The molecule has 7 heteroatoms. The van der Waals surface area contributed by atoms with Gasteiger partial charge in [0.1, 0.15) is 11.6 Å². The van der Waals surface area contributed by atoms with Crippen molar-refractivity contribution in [3.63, 3.8) is 0 Å². The van der Waals surface area contributed by atoms with Gasteiger partial charge in [-0.15, -0.1) is 0 Å². The fourth-order valence-corrected chi connectivity index (χ4v) is 3.10. The molecule has 1 aliphatic rings. The van der Waals surface area contributed by atoms with Gasteiger partial charge in [-0.05, 0) is 55.7 Å². The first kappa shape index (κ1) is 20.5. The molecule has 1 aliphatic heterocycles. The van der Waals surface area contributed by atoms with Gasteiger partial charge in [-0.1, -0.05) is 12.1 Å². The molecule has 0 fully saturated rings. The summed E-state index contributed by atoms with van der Waals surface area (Å²) in [6.45, 7) is 1.24. The van der Waals surface area contributed by atoms with E-state index in [4.69, 9.17) is 4.74 Å². The van der Waals surface area contributed by atoms with Crippen LogP contribution in [0.2, 0.25) is 0 Å². The summed E-state index contributed by atoms with van der Waals surface area (Å²) in [5.74, 6) is -0.396. The zero-order valence-electron chi connectivity index (χ0n) is 16.0. The van der Waals surface area contributed by atoms with Crippen LogP contribution < -0.4 is 10.1 Å². The Kier molecular flexibility index (Phi) is 6.94. The van der Waals surface area contributed by atoms with E-state index in [1.807, 2.05) is 0 Å². The minimum absolute atomic E-state index is 0.110. The van der Waals surface area contributed by atoms with Crippen LogP contribution in [0.4, 0.5) is 4.39 Å². The van der Waals surface area contributed by atoms with E-state index in [2.05, 4.69) is 5.32 Å². The number of fused-ring (bicyclic) bond motifs is 1. The van der Waals surface area contributed by atoms with Crippen LogP contribution in [-0.4, -0.2) is 42.3 Å². The topological polar surface area (TPSA) is 75.7 Å². The molecular weight excluding hydrogens is 375 g/mol. The lowest BCUT2D eigenvalue weighted by Crippen LogP contribution is -2.32. The highest BCUT2D eigenvalue weighted by molar-refractivity contribution is 6.21. The molecule has 1 heterocycles. The number of carbonyl (C=O) groups is 3. The normalized spacial score (nSPS) is 12.8. The van der Waals surface area contributed by atoms with Crippen LogP contribution in [0.5, 0.6) is 5.75 Å². The van der Waals surface area contributed by atoms with Gasteiger partial charge in [0.15, 0.2) is 0 Å². The molecule has 1 N–H and O–H groups in total. The number of carbonyl (C=O) groups excluding carboxylic acids is 3. The molecule has 0 saturated heterocycles. The summed E-state index contributed by atoms with van der Waals surface area (Å²) in [4.78, 5) is 37.6. The fourth-order valence-electron chi connectivity index (χ4n) is 3.10. The van der Waals surface area contributed by atoms with Crippen molar-refractivity contribution in [2.45, 2.75) is 25.7 Å². The van der Waals surface area contributed by atoms with Gasteiger partial charge in [-0.25, -0.2) is 4.39 Å². The lowest BCUT2D eigenvalue weighted by atomic mass is 10.1. The summed E-state index contributed by atoms with van der Waals surface area (Å²) in [5, 5.41) is 2.82. The van der Waals surface area contributed by atoms with Gasteiger partial charge >= 0.3 is 0 Å². The van der Waals surface area contributed by atoms with Gasteiger partial charge in [-0.2, -0.15) is 0 Å². The van der Waals surface area contributed by atoms with Crippen molar-refractivity contribution < 1.29 is 23.5 Å². The van der Waals surface area contributed by atoms with Gasteiger partial charge in [0, 0.05) is 19.5 Å². The molecule has 2 aromatic carbocycles. The first-order chi connectivity index (χ1) is 14.1. The number of hydrogen-bond donors (Lipinski definition) is 1. The van der Waals surface area contributed by atoms with Crippen LogP contribution in [0.15, 0.2) is 48.5 Å². The van der Waals surface area contributed by atoms with Crippen molar-refractivity contribution in [1.29, 1.82) is 0 Å². The first-order valence-electron chi connectivity index (χ1n) is 9.66. The summed E-state index contributed by atoms with van der Waals surface area (Å²) >= 11 is 0. The van der Waals surface area contributed by atoms with Crippen molar-refractivity contribution in [1.82, 2.24) is 10.2 Å². The number of nitrogens with zero attached hydrogens (tertiary/aromatic N) is 1. The number of ether oxygens (including phenoxy) is 1. The van der Waals surface area contributed by atoms with Crippen molar-refractivity contribution >= 4 is 17.7 Å². The Morgan fingerprint density at radius 2 is 1.59 bits per heavy atom. The minimum Gasteiger partial charge on any atom is -0.494 e. The summed E-state index contributed by atoms with van der Waals surface area (Å²) in [6, 6.07) is 12.6. The number of halogens is 1. The quantitative estimate of drug-likeness (QED) is 0.493. The van der Waals surface area contributed by atoms with E-state index in [0.29, 0.717) is 36.4 Å². The Hall–Kier alpha value is -3.22. The summed E-state index contributed by atoms with van der Waals surface area (Å²) in [7, 11) is 0. The number of hydrogen-bond acceptors (Lipinski definition) is 4. The third kappa shape index (κ3) is 5.40. The minimum atomic E-state index is -0.303. The SMILES string of the molecule is O=C(CCCN1C(=O)c2ccccc2C1=O)NCCCCOc1ccc(F)cc1. The van der Waals surface area contributed by atoms with E-state index in [-0.39, 0.29) is 36.5 Å². The predicted molar refractivity (Wildman–Crippen MR) is 105 cm³/mol. The second kappa shape index (κ2) is 9.82. The number of nitrogens with one attached hydrogen (secondary N) is 1. The molecule has 0 radical (unpaired) electrons. The standard InChI is InChI=1S/C22H23FN2O4/c23-16-9-11-17(12-10-16)29-15-4-3-13-24-20(26)8-5-14-25-21(27)18-6-1-2-7-19(18)22(25)28/h1-2,6-7,9-12H,3-5,8,13-15H2,(H,24,26). The van der Waals surface area contributed by atoms with Crippen molar-refractivity contribution in [3.05, 3.63) is 65.5 Å². The molecule has 6 nitrogen and oxygen atoms in total. The van der Waals surface area contributed by atoms with E-state index < -0.39 is 0 Å². The lowest BCUT2D eigenvalue weighted by Gasteiger charge is -2.13. The highest BCUT2D eigenvalue weighted by Crippen LogP contribution is 2.22. The number of benzene rings is 2. The van der Waals surface area contributed by atoms with E-state index in [1.54, 1.807) is 36.4 Å². The molecule has 3 amide bonds. The fraction of sp³-hybridized carbons (Fsp3) is 0.318. The van der Waals surface area contributed by atoms with Crippen LogP contribution in [0.1, 0.15) is 46.4 Å². The third-order valence-corrected chi connectivity index (χ3v) is 4.64. The van der Waals surface area contributed by atoms with E-state index in [9.17, 15) is 18.8 Å². The predicted octanol–water partition coefficient (Wildman–Crippen LogP) is 3.18. The number of rotatable bonds is 10. The molecule has 0 saturated carbocycles. The highest BCUT2D eigenvalue weighted by atomic mass is 19.1. The lowest BCUT2D eigenvalue weighted by molar-refractivity contribution is -0.121. The van der Waals surface area contributed by atoms with Crippen molar-refractivity contribution in [2.75, 3.05) is 19.7 Å². The Bertz CT molecular complexity index is 848. The van der Waals surface area contributed by atoms with Gasteiger partial charge in [0.2, 0.25) is 5.91 Å². The molecule has 0 unspecified atom stereocenters. The number of imide groups is 1. The highest BCUT2D eigenvalue weighted by Gasteiger charge is 2.34. The van der Waals surface area contributed by atoms with Gasteiger partial charge < -0.3 is 10.1 Å². The Morgan fingerprint density at radius 1 is 0.931 bits per heavy atom. The van der Waals surface area contributed by atoms with E-state index in [1.165, 1.54) is 17.0 Å². The molecule has 0 bridgehead atoms. The summed E-state index contributed by atoms with van der Waals surface area (Å²) in [6.07, 6.45) is 2.18. The average molecular weight is 398 g/mol. The zero-order valence-corrected chi connectivity index (χ0v) is 16.0. The molecule has 0 atom stereocenters. The van der Waals surface area contributed by atoms with Gasteiger partial charge in [-0.3, -0.25) is 19.3 Å². The Labute approximate surface area is 168 Å². The summed E-state index contributed by atoms with van der Waals surface area (Å²) in [5.41, 5.74) is 0.842. The third-order valence-electron chi connectivity index (χ3n) is 4.64. The second-order valence-corrected chi connectivity index (χ2v) is 6.77. The molecule has 0 aliphatic carbocycles. The van der Waals surface area contributed by atoms with E-state index >= 15 is 0 Å². The molecule has 0 aromatic heterocycles. The maximum atomic E-state index is 12.8. The van der Waals surface area contributed by atoms with Gasteiger partial charge in [0.25, 0.3) is 11.8 Å². The van der Waals surface area contributed by atoms with Gasteiger partial charge in [0.05, 0.1) is 17.7 Å². The van der Waals surface area contributed by atoms with Crippen LogP contribution in [0.3, 0.4) is 0 Å². The summed E-state index contributed by atoms with van der Waals surface area (Å²) < 4.78 is 18.3. The first-order valence-corrected chi connectivity index (χ1v) is 9.66. The maximum Gasteiger partial charge on any atom is 0.261 e. The van der Waals surface area contributed by atoms with E-state index in [0.717, 1.165) is 12.8 Å². The molecule has 152 valence electrons. The zero-order chi connectivity index (χ0) is 20.6. The number of unbranched alkanes of at least 4 members (excludes halogenated alkanes) is 1. The van der Waals surface area contributed by atoms with Crippen LogP contribution in [-0.2, 0) is 4.79 Å². The molecular formula is C22H23FN2O4. The Balaban J connectivity index is 1.27. The molecule has 2 aromatic rings. The maximum absolute atomic E-state index is 12.8. The monoisotopic (exact) mass is 398 g/mol. The van der Waals surface area contributed by atoms with Crippen LogP contribution in [0.25, 0.3) is 0 Å². The van der Waals surface area contributed by atoms with Crippen molar-refractivity contribution in [2.24, 2.45) is 0 Å². The average Bonchev–Trinajstić information content (AvgIpc) is 2.97. The number of amides is 3. The molecule has 3 rings (SSSR count). The van der Waals surface area contributed by atoms with Crippen molar-refractivity contribution in [3.8, 4) is 5.75 Å². The smallest absolute Gasteiger partial charge is 0.261 e.